The number of amides is 4. The Bertz CT molecular complexity index is 471. The summed E-state index contributed by atoms with van der Waals surface area (Å²) in [6, 6.07) is -0.417. The van der Waals surface area contributed by atoms with Crippen molar-refractivity contribution in [3.8, 4) is 0 Å². The predicted octanol–water partition coefficient (Wildman–Crippen LogP) is 1.99. The maximum Gasteiger partial charge on any atom is 0.325 e. The number of carbonyl (C=O) groups excluding carboxylic acids is 3. The topological polar surface area (TPSA) is 69.7 Å². The molecule has 1 heterocycles. The molecular weight excluding hydrogens is 294 g/mol. The van der Waals surface area contributed by atoms with Gasteiger partial charge in [0.1, 0.15) is 12.1 Å². The molecule has 0 unspecified atom stereocenters. The zero-order valence-electron chi connectivity index (χ0n) is 14.7. The molecule has 0 atom stereocenters. The van der Waals surface area contributed by atoms with Crippen LogP contribution in [0.4, 0.5) is 4.79 Å². The maximum absolute atomic E-state index is 12.6. The smallest absolute Gasteiger partial charge is 0.325 e. The number of carbonyl (C=O) groups is 3. The Kier molecular flexibility index (Phi) is 5.32. The number of urea groups is 1. The van der Waals surface area contributed by atoms with Gasteiger partial charge in [-0.2, -0.15) is 0 Å². The molecule has 2 rings (SSSR count). The Morgan fingerprint density at radius 1 is 1.13 bits per heavy atom. The highest BCUT2D eigenvalue weighted by atomic mass is 16.2. The minimum absolute atomic E-state index is 0.147. The minimum atomic E-state index is -0.738. The second kappa shape index (κ2) is 6.89. The second-order valence-corrected chi connectivity index (χ2v) is 7.70. The summed E-state index contributed by atoms with van der Waals surface area (Å²) >= 11 is 0. The van der Waals surface area contributed by atoms with E-state index in [9.17, 15) is 14.4 Å². The van der Waals surface area contributed by atoms with Gasteiger partial charge >= 0.3 is 6.03 Å². The molecule has 2 fully saturated rings. The van der Waals surface area contributed by atoms with E-state index in [2.05, 4.69) is 33.0 Å². The van der Waals surface area contributed by atoms with E-state index in [4.69, 9.17) is 0 Å². The second-order valence-electron chi connectivity index (χ2n) is 7.70. The fraction of sp³-hybridized carbons (Fsp3) is 0.824. The summed E-state index contributed by atoms with van der Waals surface area (Å²) in [7, 11) is 0. The van der Waals surface area contributed by atoms with Gasteiger partial charge in [0.05, 0.1) is 0 Å². The predicted molar refractivity (Wildman–Crippen MR) is 87.7 cm³/mol. The number of hydrogen-bond acceptors (Lipinski definition) is 3. The van der Waals surface area contributed by atoms with Crippen molar-refractivity contribution in [2.24, 2.45) is 11.8 Å². The van der Waals surface area contributed by atoms with E-state index < -0.39 is 11.6 Å². The van der Waals surface area contributed by atoms with Crippen molar-refractivity contribution >= 4 is 17.8 Å². The van der Waals surface area contributed by atoms with Crippen LogP contribution in [0.5, 0.6) is 0 Å². The van der Waals surface area contributed by atoms with Gasteiger partial charge in [0.15, 0.2) is 0 Å². The Labute approximate surface area is 138 Å². The van der Waals surface area contributed by atoms with Gasteiger partial charge in [0, 0.05) is 13.1 Å². The lowest BCUT2D eigenvalue weighted by Crippen LogP contribution is -2.47. The summed E-state index contributed by atoms with van der Waals surface area (Å²) in [5, 5.41) is 2.82. The first-order chi connectivity index (χ1) is 10.7. The van der Waals surface area contributed by atoms with E-state index >= 15 is 0 Å². The average molecular weight is 323 g/mol. The Morgan fingerprint density at radius 3 is 2.13 bits per heavy atom. The largest absolute Gasteiger partial charge is 0.341 e. The summed E-state index contributed by atoms with van der Waals surface area (Å²) in [5.74, 6) is 0.331. The maximum atomic E-state index is 12.6. The molecule has 6 nitrogen and oxygen atoms in total. The molecule has 0 radical (unpaired) electrons. The quantitative estimate of drug-likeness (QED) is 0.760. The Balaban J connectivity index is 2.05. The van der Waals surface area contributed by atoms with Gasteiger partial charge in [-0.15, -0.1) is 0 Å². The van der Waals surface area contributed by atoms with Crippen LogP contribution >= 0.6 is 0 Å². The molecule has 6 heteroatoms. The average Bonchev–Trinajstić information content (AvgIpc) is 2.99. The van der Waals surface area contributed by atoms with E-state index in [1.165, 1.54) is 0 Å². The third-order valence-corrected chi connectivity index (χ3v) is 4.52. The van der Waals surface area contributed by atoms with E-state index in [0.29, 0.717) is 37.8 Å². The Morgan fingerprint density at radius 2 is 1.65 bits per heavy atom. The highest BCUT2D eigenvalue weighted by molar-refractivity contribution is 6.09. The third kappa shape index (κ3) is 3.85. The Hall–Kier alpha value is -1.59. The zero-order chi connectivity index (χ0) is 17.2. The van der Waals surface area contributed by atoms with Crippen molar-refractivity contribution in [3.63, 3.8) is 0 Å². The van der Waals surface area contributed by atoms with Crippen LogP contribution in [-0.2, 0) is 9.59 Å². The first-order valence-corrected chi connectivity index (χ1v) is 8.67. The lowest BCUT2D eigenvalue weighted by atomic mass is 9.98. The molecule has 1 aliphatic carbocycles. The van der Waals surface area contributed by atoms with Crippen LogP contribution in [0.2, 0.25) is 0 Å². The van der Waals surface area contributed by atoms with E-state index in [-0.39, 0.29) is 18.4 Å². The minimum Gasteiger partial charge on any atom is -0.341 e. The number of nitrogens with one attached hydrogen (secondary N) is 1. The van der Waals surface area contributed by atoms with Gasteiger partial charge in [-0.1, -0.05) is 40.5 Å². The third-order valence-electron chi connectivity index (χ3n) is 4.52. The van der Waals surface area contributed by atoms with Crippen LogP contribution in [0.1, 0.15) is 53.4 Å². The molecule has 1 saturated carbocycles. The summed E-state index contributed by atoms with van der Waals surface area (Å²) in [6.07, 6.45) is 3.26. The fourth-order valence-corrected chi connectivity index (χ4v) is 3.53. The molecule has 0 aromatic carbocycles. The highest BCUT2D eigenvalue weighted by Gasteiger charge is 2.52. The van der Waals surface area contributed by atoms with Crippen LogP contribution in [0.15, 0.2) is 0 Å². The van der Waals surface area contributed by atoms with Crippen LogP contribution in [0.25, 0.3) is 0 Å². The first-order valence-electron chi connectivity index (χ1n) is 8.67. The van der Waals surface area contributed by atoms with E-state index in [1.54, 1.807) is 4.90 Å². The number of nitrogens with zero attached hydrogens (tertiary/aromatic N) is 2. The molecule has 1 saturated heterocycles. The standard InChI is InChI=1S/C17H29N3O3/c1-12(2)9-19(10-13(3)4)14(21)11-20-15(22)17(18-16(20)23)7-5-6-8-17/h12-13H,5-11H2,1-4H3,(H,18,23). The molecule has 23 heavy (non-hydrogen) atoms. The van der Waals surface area contributed by atoms with Gasteiger partial charge in [-0.05, 0) is 24.7 Å². The zero-order valence-corrected chi connectivity index (χ0v) is 14.7. The lowest BCUT2D eigenvalue weighted by molar-refractivity contribution is -0.139. The summed E-state index contributed by atoms with van der Waals surface area (Å²) < 4.78 is 0. The first kappa shape index (κ1) is 17.8. The van der Waals surface area contributed by atoms with Gasteiger partial charge in [0.2, 0.25) is 5.91 Å². The van der Waals surface area contributed by atoms with Crippen molar-refractivity contribution in [3.05, 3.63) is 0 Å². The van der Waals surface area contributed by atoms with Crippen molar-refractivity contribution < 1.29 is 14.4 Å². The van der Waals surface area contributed by atoms with Crippen LogP contribution < -0.4 is 5.32 Å². The number of rotatable bonds is 6. The van der Waals surface area contributed by atoms with Crippen molar-refractivity contribution in [1.29, 1.82) is 0 Å². The fourth-order valence-electron chi connectivity index (χ4n) is 3.53. The molecule has 4 amide bonds. The highest BCUT2D eigenvalue weighted by Crippen LogP contribution is 2.34. The monoisotopic (exact) mass is 323 g/mol. The van der Waals surface area contributed by atoms with Crippen molar-refractivity contribution in [2.75, 3.05) is 19.6 Å². The molecule has 0 aromatic heterocycles. The van der Waals surface area contributed by atoms with Gasteiger partial charge in [-0.25, -0.2) is 4.79 Å². The molecule has 0 aromatic rings. The van der Waals surface area contributed by atoms with Crippen molar-refractivity contribution in [1.82, 2.24) is 15.1 Å². The van der Waals surface area contributed by atoms with Crippen LogP contribution in [-0.4, -0.2) is 52.8 Å². The SMILES string of the molecule is CC(C)CN(CC(C)C)C(=O)CN1C(=O)NC2(CCCC2)C1=O. The molecule has 1 aliphatic heterocycles. The van der Waals surface area contributed by atoms with Gasteiger partial charge < -0.3 is 10.2 Å². The lowest BCUT2D eigenvalue weighted by Gasteiger charge is -2.28. The molecule has 1 spiro atoms. The normalized spacial score (nSPS) is 20.0. The van der Waals surface area contributed by atoms with Gasteiger partial charge in [0.25, 0.3) is 5.91 Å². The molecule has 0 bridgehead atoms. The van der Waals surface area contributed by atoms with Gasteiger partial charge in [-0.3, -0.25) is 14.5 Å². The molecule has 2 aliphatic rings. The summed E-state index contributed by atoms with van der Waals surface area (Å²) in [6.45, 7) is 9.37. The van der Waals surface area contributed by atoms with Crippen molar-refractivity contribution in [2.45, 2.75) is 58.9 Å². The molecule has 1 N–H and O–H groups in total. The van der Waals surface area contributed by atoms with E-state index in [0.717, 1.165) is 17.7 Å². The number of hydrogen-bond donors (Lipinski definition) is 1. The number of imide groups is 1. The van der Waals surface area contributed by atoms with Crippen LogP contribution in [0, 0.1) is 11.8 Å². The van der Waals surface area contributed by atoms with E-state index in [1.807, 2.05) is 0 Å². The summed E-state index contributed by atoms with van der Waals surface area (Å²) in [5.41, 5.74) is -0.738. The molecular formula is C17H29N3O3. The molecule has 130 valence electrons. The summed E-state index contributed by atoms with van der Waals surface area (Å²) in [4.78, 5) is 40.3. The van der Waals surface area contributed by atoms with Crippen LogP contribution in [0.3, 0.4) is 0 Å².